The van der Waals surface area contributed by atoms with Crippen molar-refractivity contribution in [1.82, 2.24) is 5.32 Å². The average Bonchev–Trinajstić information content (AvgIpc) is 2.44. The number of hydrogen-bond donors (Lipinski definition) is 1. The van der Waals surface area contributed by atoms with Gasteiger partial charge in [-0.25, -0.2) is 0 Å². The summed E-state index contributed by atoms with van der Waals surface area (Å²) in [7, 11) is 0. The Morgan fingerprint density at radius 2 is 1.95 bits per heavy atom. The monoisotopic (exact) mass is 277 g/mol. The predicted molar refractivity (Wildman–Crippen MR) is 82.1 cm³/mol. The molecule has 0 aromatic heterocycles. The molecule has 3 nitrogen and oxygen atoms in total. The van der Waals surface area contributed by atoms with Gasteiger partial charge in [0.25, 0.3) is 0 Å². The Labute approximate surface area is 122 Å². The summed E-state index contributed by atoms with van der Waals surface area (Å²) in [6.07, 6.45) is 3.83. The van der Waals surface area contributed by atoms with E-state index in [-0.39, 0.29) is 11.6 Å². The van der Waals surface area contributed by atoms with Crippen LogP contribution in [-0.2, 0) is 11.3 Å². The molecule has 1 saturated heterocycles. The van der Waals surface area contributed by atoms with Crippen LogP contribution in [0.4, 0.5) is 0 Å². The van der Waals surface area contributed by atoms with Crippen molar-refractivity contribution in [3.63, 3.8) is 0 Å². The molecule has 1 aromatic carbocycles. The van der Waals surface area contributed by atoms with E-state index in [9.17, 15) is 0 Å². The molecular formula is C17H27NO2. The van der Waals surface area contributed by atoms with Gasteiger partial charge in [-0.1, -0.05) is 12.1 Å². The second-order valence-electron chi connectivity index (χ2n) is 6.55. The fourth-order valence-electron chi connectivity index (χ4n) is 2.20. The molecule has 0 radical (unpaired) electrons. The SMILES string of the molecule is CC(C)(C)NCc1ccc(OCC2CCCCO2)cc1. The van der Waals surface area contributed by atoms with E-state index >= 15 is 0 Å². The summed E-state index contributed by atoms with van der Waals surface area (Å²) in [5.41, 5.74) is 1.43. The summed E-state index contributed by atoms with van der Waals surface area (Å²) in [4.78, 5) is 0. The molecule has 0 amide bonds. The van der Waals surface area contributed by atoms with Crippen molar-refractivity contribution in [3.05, 3.63) is 29.8 Å². The maximum atomic E-state index is 5.80. The summed E-state index contributed by atoms with van der Waals surface area (Å²) in [6.45, 7) is 8.96. The molecule has 112 valence electrons. The third-order valence-electron chi connectivity index (χ3n) is 3.46. The quantitative estimate of drug-likeness (QED) is 0.893. The predicted octanol–water partition coefficient (Wildman–Crippen LogP) is 3.52. The highest BCUT2D eigenvalue weighted by atomic mass is 16.5. The Morgan fingerprint density at radius 3 is 2.55 bits per heavy atom. The average molecular weight is 277 g/mol. The fraction of sp³-hybridized carbons (Fsp3) is 0.647. The van der Waals surface area contributed by atoms with E-state index in [2.05, 4.69) is 38.2 Å². The van der Waals surface area contributed by atoms with Crippen molar-refractivity contribution in [2.45, 2.75) is 58.2 Å². The maximum Gasteiger partial charge on any atom is 0.119 e. The molecule has 3 heteroatoms. The van der Waals surface area contributed by atoms with Gasteiger partial charge in [-0.3, -0.25) is 0 Å². The summed E-state index contributed by atoms with van der Waals surface area (Å²) < 4.78 is 11.5. The third-order valence-corrected chi connectivity index (χ3v) is 3.46. The number of benzene rings is 1. The van der Waals surface area contributed by atoms with E-state index in [1.807, 2.05) is 12.1 Å². The Bertz CT molecular complexity index is 388. The van der Waals surface area contributed by atoms with Gasteiger partial charge in [-0.2, -0.15) is 0 Å². The van der Waals surface area contributed by atoms with Gasteiger partial charge in [-0.05, 0) is 57.7 Å². The lowest BCUT2D eigenvalue weighted by atomic mass is 10.1. The number of rotatable bonds is 5. The van der Waals surface area contributed by atoms with Crippen molar-refractivity contribution in [1.29, 1.82) is 0 Å². The van der Waals surface area contributed by atoms with E-state index in [1.165, 1.54) is 18.4 Å². The Kier molecular flexibility index (Phi) is 5.44. The summed E-state index contributed by atoms with van der Waals surface area (Å²) in [6, 6.07) is 8.33. The Morgan fingerprint density at radius 1 is 1.20 bits per heavy atom. The van der Waals surface area contributed by atoms with Gasteiger partial charge >= 0.3 is 0 Å². The zero-order chi connectivity index (χ0) is 14.4. The minimum Gasteiger partial charge on any atom is -0.491 e. The highest BCUT2D eigenvalue weighted by Gasteiger charge is 2.14. The van der Waals surface area contributed by atoms with Gasteiger partial charge in [0.2, 0.25) is 0 Å². The molecule has 1 heterocycles. The molecule has 1 aliphatic rings. The first-order valence-electron chi connectivity index (χ1n) is 7.61. The van der Waals surface area contributed by atoms with Gasteiger partial charge < -0.3 is 14.8 Å². The van der Waals surface area contributed by atoms with E-state index < -0.39 is 0 Å². The van der Waals surface area contributed by atoms with Crippen molar-refractivity contribution in [3.8, 4) is 5.75 Å². The van der Waals surface area contributed by atoms with E-state index in [0.717, 1.165) is 25.3 Å². The summed E-state index contributed by atoms with van der Waals surface area (Å²) >= 11 is 0. The van der Waals surface area contributed by atoms with Crippen molar-refractivity contribution in [2.75, 3.05) is 13.2 Å². The van der Waals surface area contributed by atoms with Gasteiger partial charge in [0, 0.05) is 18.7 Å². The third kappa shape index (κ3) is 5.51. The zero-order valence-corrected chi connectivity index (χ0v) is 12.9. The molecule has 0 aliphatic carbocycles. The molecule has 1 unspecified atom stereocenters. The first-order valence-corrected chi connectivity index (χ1v) is 7.61. The van der Waals surface area contributed by atoms with Gasteiger partial charge in [0.1, 0.15) is 12.4 Å². The van der Waals surface area contributed by atoms with Gasteiger partial charge in [0.05, 0.1) is 6.10 Å². The summed E-state index contributed by atoms with van der Waals surface area (Å²) in [5, 5.41) is 3.48. The first-order chi connectivity index (χ1) is 9.53. The standard InChI is InChI=1S/C17H27NO2/c1-17(2,3)18-12-14-7-9-15(10-8-14)20-13-16-6-4-5-11-19-16/h7-10,16,18H,4-6,11-13H2,1-3H3. The van der Waals surface area contributed by atoms with Gasteiger partial charge in [0.15, 0.2) is 0 Å². The number of nitrogens with one attached hydrogen (secondary N) is 1. The molecule has 0 spiro atoms. The highest BCUT2D eigenvalue weighted by Crippen LogP contribution is 2.17. The zero-order valence-electron chi connectivity index (χ0n) is 12.9. The minimum atomic E-state index is 0.146. The van der Waals surface area contributed by atoms with Crippen LogP contribution >= 0.6 is 0 Å². The largest absolute Gasteiger partial charge is 0.491 e. The van der Waals surface area contributed by atoms with Crippen LogP contribution in [0.15, 0.2) is 24.3 Å². The van der Waals surface area contributed by atoms with Crippen LogP contribution in [0.1, 0.15) is 45.6 Å². The van der Waals surface area contributed by atoms with Crippen molar-refractivity contribution >= 4 is 0 Å². The Balaban J connectivity index is 1.76. The lowest BCUT2D eigenvalue weighted by molar-refractivity contribution is -0.0110. The van der Waals surface area contributed by atoms with Crippen LogP contribution in [0.25, 0.3) is 0 Å². The maximum absolute atomic E-state index is 5.80. The van der Waals surface area contributed by atoms with Crippen LogP contribution in [0, 0.1) is 0 Å². The molecular weight excluding hydrogens is 250 g/mol. The van der Waals surface area contributed by atoms with Crippen LogP contribution in [-0.4, -0.2) is 24.9 Å². The number of ether oxygens (including phenoxy) is 2. The van der Waals surface area contributed by atoms with Crippen LogP contribution in [0.2, 0.25) is 0 Å². The van der Waals surface area contributed by atoms with Gasteiger partial charge in [-0.15, -0.1) is 0 Å². The van der Waals surface area contributed by atoms with Crippen LogP contribution in [0.5, 0.6) is 5.75 Å². The van der Waals surface area contributed by atoms with E-state index in [0.29, 0.717) is 6.61 Å². The Hall–Kier alpha value is -1.06. The molecule has 1 fully saturated rings. The van der Waals surface area contributed by atoms with Crippen molar-refractivity contribution in [2.24, 2.45) is 0 Å². The lowest BCUT2D eigenvalue weighted by Gasteiger charge is -2.23. The molecule has 1 aliphatic heterocycles. The minimum absolute atomic E-state index is 0.146. The lowest BCUT2D eigenvalue weighted by Crippen LogP contribution is -2.35. The first kappa shape index (κ1) is 15.3. The smallest absolute Gasteiger partial charge is 0.119 e. The summed E-state index contributed by atoms with van der Waals surface area (Å²) in [5.74, 6) is 0.929. The molecule has 1 aromatic rings. The molecule has 0 bridgehead atoms. The second-order valence-corrected chi connectivity index (χ2v) is 6.55. The topological polar surface area (TPSA) is 30.5 Å². The van der Waals surface area contributed by atoms with E-state index in [1.54, 1.807) is 0 Å². The van der Waals surface area contributed by atoms with Crippen LogP contribution < -0.4 is 10.1 Å². The fourth-order valence-corrected chi connectivity index (χ4v) is 2.20. The number of hydrogen-bond acceptors (Lipinski definition) is 3. The molecule has 20 heavy (non-hydrogen) atoms. The van der Waals surface area contributed by atoms with Crippen molar-refractivity contribution < 1.29 is 9.47 Å². The highest BCUT2D eigenvalue weighted by molar-refractivity contribution is 5.27. The molecule has 1 atom stereocenters. The normalized spacial score (nSPS) is 19.9. The van der Waals surface area contributed by atoms with Crippen LogP contribution in [0.3, 0.4) is 0 Å². The molecule has 2 rings (SSSR count). The second kappa shape index (κ2) is 7.09. The molecule has 1 N–H and O–H groups in total. The van der Waals surface area contributed by atoms with E-state index in [4.69, 9.17) is 9.47 Å². The molecule has 0 saturated carbocycles.